The van der Waals surface area contributed by atoms with Gasteiger partial charge in [0.05, 0.1) is 11.5 Å². The number of allylic oxidation sites excluding steroid dienone is 1. The number of fused-ring (bicyclic) bond motifs is 1. The number of nitrogens with zero attached hydrogens (tertiary/aromatic N) is 2. The Bertz CT molecular complexity index is 1030. The standard InChI is InChI=1S/C21H19N3O5/c1-13-8-9-18(20(25)22-13)23-11-17-16(21(23)26)6-3-7-19(17)29-12-14-4-2-5-15(10-14)24(27)28/h2-7,10,18H,1,8-9,11-12H2,(H,22,25). The minimum absolute atomic E-state index is 0.00403. The lowest BCUT2D eigenvalue weighted by Gasteiger charge is -2.31. The van der Waals surface area contributed by atoms with Gasteiger partial charge in [0, 0.05) is 29.0 Å². The lowest BCUT2D eigenvalue weighted by Crippen LogP contribution is -2.49. The van der Waals surface area contributed by atoms with Gasteiger partial charge in [0.1, 0.15) is 18.4 Å². The molecule has 1 atom stereocenters. The largest absolute Gasteiger partial charge is 0.489 e. The second kappa shape index (κ2) is 7.38. The molecule has 148 valence electrons. The SMILES string of the molecule is C=C1CCC(N2Cc3c(OCc4cccc([N+](=O)[O-])c4)cccc3C2=O)C(=O)N1. The Labute approximate surface area is 166 Å². The molecule has 2 amide bonds. The number of hydrogen-bond donors (Lipinski definition) is 1. The van der Waals surface area contributed by atoms with Crippen LogP contribution in [0.3, 0.4) is 0 Å². The predicted molar refractivity (Wildman–Crippen MR) is 104 cm³/mol. The fourth-order valence-corrected chi connectivity index (χ4v) is 3.69. The number of carbonyl (C=O) groups excluding carboxylic acids is 2. The van der Waals surface area contributed by atoms with E-state index < -0.39 is 11.0 Å². The molecular formula is C21H19N3O5. The van der Waals surface area contributed by atoms with Crippen LogP contribution >= 0.6 is 0 Å². The van der Waals surface area contributed by atoms with E-state index in [1.807, 2.05) is 0 Å². The number of hydrogen-bond acceptors (Lipinski definition) is 5. The van der Waals surface area contributed by atoms with Crippen molar-refractivity contribution in [3.05, 3.63) is 81.5 Å². The van der Waals surface area contributed by atoms with Crippen LogP contribution in [0, 0.1) is 10.1 Å². The first-order valence-electron chi connectivity index (χ1n) is 9.21. The van der Waals surface area contributed by atoms with Crippen molar-refractivity contribution in [1.82, 2.24) is 10.2 Å². The molecule has 2 aromatic carbocycles. The molecule has 29 heavy (non-hydrogen) atoms. The van der Waals surface area contributed by atoms with Crippen LogP contribution in [-0.4, -0.2) is 27.7 Å². The van der Waals surface area contributed by atoms with Gasteiger partial charge in [-0.2, -0.15) is 0 Å². The summed E-state index contributed by atoms with van der Waals surface area (Å²) in [6, 6.07) is 10.9. The van der Waals surface area contributed by atoms with E-state index in [0.29, 0.717) is 35.4 Å². The number of ether oxygens (including phenoxy) is 1. The van der Waals surface area contributed by atoms with Crippen molar-refractivity contribution in [1.29, 1.82) is 0 Å². The maximum Gasteiger partial charge on any atom is 0.269 e. The molecule has 4 rings (SSSR count). The molecule has 0 aliphatic carbocycles. The highest BCUT2D eigenvalue weighted by Gasteiger charge is 2.39. The zero-order chi connectivity index (χ0) is 20.5. The fourth-order valence-electron chi connectivity index (χ4n) is 3.69. The van der Waals surface area contributed by atoms with E-state index in [1.165, 1.54) is 12.1 Å². The fraction of sp³-hybridized carbons (Fsp3) is 0.238. The van der Waals surface area contributed by atoms with Crippen molar-refractivity contribution >= 4 is 17.5 Å². The molecule has 8 heteroatoms. The lowest BCUT2D eigenvalue weighted by atomic mass is 10.0. The van der Waals surface area contributed by atoms with E-state index in [0.717, 1.165) is 5.56 Å². The summed E-state index contributed by atoms with van der Waals surface area (Å²) in [7, 11) is 0. The second-order valence-corrected chi connectivity index (χ2v) is 7.08. The van der Waals surface area contributed by atoms with Gasteiger partial charge >= 0.3 is 0 Å². The van der Waals surface area contributed by atoms with Crippen LogP contribution in [0.5, 0.6) is 5.75 Å². The van der Waals surface area contributed by atoms with Gasteiger partial charge in [-0.3, -0.25) is 19.7 Å². The molecule has 0 spiro atoms. The van der Waals surface area contributed by atoms with Crippen molar-refractivity contribution in [3.63, 3.8) is 0 Å². The topological polar surface area (TPSA) is 102 Å². The highest BCUT2D eigenvalue weighted by molar-refractivity contribution is 6.02. The number of carbonyl (C=O) groups is 2. The second-order valence-electron chi connectivity index (χ2n) is 7.08. The number of nitrogens with one attached hydrogen (secondary N) is 1. The summed E-state index contributed by atoms with van der Waals surface area (Å²) in [5.41, 5.74) is 2.55. The van der Waals surface area contributed by atoms with Crippen molar-refractivity contribution in [2.24, 2.45) is 0 Å². The quantitative estimate of drug-likeness (QED) is 0.622. The minimum Gasteiger partial charge on any atom is -0.489 e. The summed E-state index contributed by atoms with van der Waals surface area (Å²) in [6.45, 7) is 4.19. The van der Waals surface area contributed by atoms with Gasteiger partial charge in [0.15, 0.2) is 0 Å². The maximum absolute atomic E-state index is 12.9. The molecule has 1 fully saturated rings. The summed E-state index contributed by atoms with van der Waals surface area (Å²) in [4.78, 5) is 37.2. The van der Waals surface area contributed by atoms with Crippen molar-refractivity contribution < 1.29 is 19.2 Å². The highest BCUT2D eigenvalue weighted by atomic mass is 16.6. The molecule has 1 saturated heterocycles. The van der Waals surface area contributed by atoms with Gasteiger partial charge in [-0.1, -0.05) is 24.8 Å². The molecule has 1 unspecified atom stereocenters. The van der Waals surface area contributed by atoms with Crippen LogP contribution < -0.4 is 10.1 Å². The summed E-state index contributed by atoms with van der Waals surface area (Å²) in [5.74, 6) is 0.111. The molecule has 2 aliphatic heterocycles. The normalized spacial score (nSPS) is 18.4. The molecular weight excluding hydrogens is 374 g/mol. The third-order valence-electron chi connectivity index (χ3n) is 5.17. The zero-order valence-electron chi connectivity index (χ0n) is 15.6. The van der Waals surface area contributed by atoms with E-state index in [1.54, 1.807) is 35.2 Å². The van der Waals surface area contributed by atoms with E-state index in [2.05, 4.69) is 11.9 Å². The van der Waals surface area contributed by atoms with Gasteiger partial charge in [0.2, 0.25) is 5.91 Å². The molecule has 0 radical (unpaired) electrons. The first-order chi connectivity index (χ1) is 13.9. The van der Waals surface area contributed by atoms with Crippen LogP contribution in [-0.2, 0) is 17.9 Å². The number of benzene rings is 2. The zero-order valence-corrected chi connectivity index (χ0v) is 15.6. The average Bonchev–Trinajstić information content (AvgIpc) is 3.04. The van der Waals surface area contributed by atoms with Crippen LogP contribution in [0.1, 0.15) is 34.3 Å². The average molecular weight is 393 g/mol. The Morgan fingerprint density at radius 1 is 1.24 bits per heavy atom. The number of nitro groups is 1. The van der Waals surface area contributed by atoms with Gasteiger partial charge in [0.25, 0.3) is 11.6 Å². The van der Waals surface area contributed by atoms with Crippen LogP contribution in [0.25, 0.3) is 0 Å². The Morgan fingerprint density at radius 2 is 2.03 bits per heavy atom. The molecule has 2 aromatic rings. The molecule has 2 aliphatic rings. The smallest absolute Gasteiger partial charge is 0.269 e. The Hall–Kier alpha value is -3.68. The van der Waals surface area contributed by atoms with Gasteiger partial charge in [-0.15, -0.1) is 0 Å². The van der Waals surface area contributed by atoms with Crippen molar-refractivity contribution in [2.75, 3.05) is 0 Å². The van der Waals surface area contributed by atoms with E-state index in [-0.39, 0.29) is 30.7 Å². The molecule has 0 bridgehead atoms. The van der Waals surface area contributed by atoms with Crippen molar-refractivity contribution in [3.8, 4) is 5.75 Å². The minimum atomic E-state index is -0.537. The predicted octanol–water partition coefficient (Wildman–Crippen LogP) is 2.92. The summed E-state index contributed by atoms with van der Waals surface area (Å²) >= 11 is 0. The Balaban J connectivity index is 1.53. The van der Waals surface area contributed by atoms with Gasteiger partial charge in [-0.25, -0.2) is 0 Å². The summed E-state index contributed by atoms with van der Waals surface area (Å²) in [5, 5.41) is 13.6. The van der Waals surface area contributed by atoms with E-state index >= 15 is 0 Å². The number of rotatable bonds is 5. The van der Waals surface area contributed by atoms with Crippen molar-refractivity contribution in [2.45, 2.75) is 32.0 Å². The van der Waals surface area contributed by atoms with Crippen LogP contribution in [0.15, 0.2) is 54.7 Å². The lowest BCUT2D eigenvalue weighted by molar-refractivity contribution is -0.384. The molecule has 0 saturated carbocycles. The maximum atomic E-state index is 12.9. The monoisotopic (exact) mass is 393 g/mol. The molecule has 2 heterocycles. The first-order valence-corrected chi connectivity index (χ1v) is 9.21. The molecule has 0 aromatic heterocycles. The number of piperidine rings is 1. The van der Waals surface area contributed by atoms with E-state index in [4.69, 9.17) is 4.74 Å². The third-order valence-corrected chi connectivity index (χ3v) is 5.17. The van der Waals surface area contributed by atoms with Crippen LogP contribution in [0.4, 0.5) is 5.69 Å². The number of amides is 2. The Kier molecular flexibility index (Phi) is 4.75. The number of non-ortho nitro benzene ring substituents is 1. The highest BCUT2D eigenvalue weighted by Crippen LogP contribution is 2.34. The van der Waals surface area contributed by atoms with Gasteiger partial charge < -0.3 is 15.0 Å². The van der Waals surface area contributed by atoms with Gasteiger partial charge in [-0.05, 0) is 30.5 Å². The number of nitro benzene ring substituents is 1. The summed E-state index contributed by atoms with van der Waals surface area (Å²) < 4.78 is 5.88. The molecule has 1 N–H and O–H groups in total. The first kappa shape index (κ1) is 18.7. The molecule has 8 nitrogen and oxygen atoms in total. The third kappa shape index (κ3) is 3.56. The van der Waals surface area contributed by atoms with Crippen LogP contribution in [0.2, 0.25) is 0 Å². The summed E-state index contributed by atoms with van der Waals surface area (Å²) in [6.07, 6.45) is 1.17. The Morgan fingerprint density at radius 3 is 2.79 bits per heavy atom. The van der Waals surface area contributed by atoms with E-state index in [9.17, 15) is 19.7 Å².